The maximum atomic E-state index is 11.6. The van der Waals surface area contributed by atoms with Gasteiger partial charge in [0.05, 0.1) is 12.4 Å². The fourth-order valence-electron chi connectivity index (χ4n) is 1.14. The molecule has 0 aromatic rings. The van der Waals surface area contributed by atoms with Crippen LogP contribution in [0.15, 0.2) is 0 Å². The third-order valence-corrected chi connectivity index (χ3v) is 3.92. The van der Waals surface area contributed by atoms with E-state index in [1.165, 1.54) is 0 Å². The van der Waals surface area contributed by atoms with E-state index in [2.05, 4.69) is 0 Å². The molecule has 0 N–H and O–H groups in total. The van der Waals surface area contributed by atoms with E-state index in [0.29, 0.717) is 13.0 Å². The highest BCUT2D eigenvalue weighted by molar-refractivity contribution is 7.89. The highest BCUT2D eigenvalue weighted by Crippen LogP contribution is 2.03. The van der Waals surface area contributed by atoms with Gasteiger partial charge in [0.2, 0.25) is 10.0 Å². The Morgan fingerprint density at radius 2 is 1.87 bits per heavy atom. The molecule has 0 unspecified atom stereocenters. The molecule has 0 radical (unpaired) electrons. The zero-order chi connectivity index (χ0) is 11.9. The summed E-state index contributed by atoms with van der Waals surface area (Å²) in [5.74, 6) is -0.431. The van der Waals surface area contributed by atoms with Crippen molar-refractivity contribution in [2.45, 2.75) is 27.2 Å². The van der Waals surface area contributed by atoms with Gasteiger partial charge in [-0.1, -0.05) is 13.8 Å². The summed E-state index contributed by atoms with van der Waals surface area (Å²) in [6, 6.07) is 0. The van der Waals surface area contributed by atoms with Crippen LogP contribution in [-0.2, 0) is 19.6 Å². The van der Waals surface area contributed by atoms with Crippen molar-refractivity contribution in [1.29, 1.82) is 0 Å². The molecule has 0 spiro atoms. The Labute approximate surface area is 91.5 Å². The van der Waals surface area contributed by atoms with E-state index < -0.39 is 16.0 Å². The summed E-state index contributed by atoms with van der Waals surface area (Å²) in [6.07, 6.45) is 0.543. The number of carbonyl (C=O) groups excluding carboxylic acids is 1. The topological polar surface area (TPSA) is 63.7 Å². The lowest BCUT2D eigenvalue weighted by Gasteiger charge is -2.18. The van der Waals surface area contributed by atoms with Gasteiger partial charge in [-0.2, -0.15) is 4.31 Å². The van der Waals surface area contributed by atoms with Crippen LogP contribution < -0.4 is 0 Å². The van der Waals surface area contributed by atoms with Crippen LogP contribution in [0.4, 0.5) is 0 Å². The Bertz CT molecular complexity index is 286. The standard InChI is InChI=1S/C9H19NO4S/c1-4-7-15(12,13)10(5-2)8-9(11)14-6-3/h4-8H2,1-3H3. The second-order valence-corrected chi connectivity index (χ2v) is 5.14. The third kappa shape index (κ3) is 5.13. The monoisotopic (exact) mass is 237 g/mol. The van der Waals surface area contributed by atoms with Gasteiger partial charge in [-0.05, 0) is 13.3 Å². The van der Waals surface area contributed by atoms with Crippen LogP contribution >= 0.6 is 0 Å². The first-order chi connectivity index (χ1) is 6.97. The van der Waals surface area contributed by atoms with Gasteiger partial charge in [0, 0.05) is 6.54 Å². The average Bonchev–Trinajstić information content (AvgIpc) is 2.14. The van der Waals surface area contributed by atoms with Crippen molar-refractivity contribution >= 4 is 16.0 Å². The number of nitrogens with zero attached hydrogens (tertiary/aromatic N) is 1. The van der Waals surface area contributed by atoms with Crippen LogP contribution in [0, 0.1) is 0 Å². The molecule has 0 aliphatic rings. The lowest BCUT2D eigenvalue weighted by Crippen LogP contribution is -2.37. The van der Waals surface area contributed by atoms with E-state index >= 15 is 0 Å². The molecule has 0 aromatic heterocycles. The molecule has 0 amide bonds. The second-order valence-electron chi connectivity index (χ2n) is 3.05. The number of ether oxygens (including phenoxy) is 1. The van der Waals surface area contributed by atoms with Gasteiger partial charge in [-0.25, -0.2) is 8.42 Å². The van der Waals surface area contributed by atoms with E-state index in [1.54, 1.807) is 20.8 Å². The number of carbonyl (C=O) groups is 1. The molecule has 0 aliphatic heterocycles. The average molecular weight is 237 g/mol. The molecule has 0 saturated carbocycles. The maximum absolute atomic E-state index is 11.6. The Kier molecular flexibility index (Phi) is 6.51. The van der Waals surface area contributed by atoms with Crippen molar-refractivity contribution in [2.75, 3.05) is 25.4 Å². The van der Waals surface area contributed by atoms with Crippen LogP contribution in [0.25, 0.3) is 0 Å². The molecule has 6 heteroatoms. The summed E-state index contributed by atoms with van der Waals surface area (Å²) in [4.78, 5) is 11.1. The molecular formula is C9H19NO4S. The van der Waals surface area contributed by atoms with Gasteiger partial charge < -0.3 is 4.74 Å². The number of sulfonamides is 1. The summed E-state index contributed by atoms with van der Waals surface area (Å²) < 4.78 is 29.1. The number of hydrogen-bond acceptors (Lipinski definition) is 4. The minimum atomic E-state index is -3.30. The van der Waals surface area contributed by atoms with E-state index in [1.807, 2.05) is 0 Å². The van der Waals surface area contributed by atoms with Crippen LogP contribution in [0.5, 0.6) is 0 Å². The van der Waals surface area contributed by atoms with E-state index in [9.17, 15) is 13.2 Å². The minimum absolute atomic E-state index is 0.0697. The molecular weight excluding hydrogens is 218 g/mol. The van der Waals surface area contributed by atoms with Crippen LogP contribution in [0.2, 0.25) is 0 Å². The first kappa shape index (κ1) is 14.4. The van der Waals surface area contributed by atoms with Crippen molar-refractivity contribution in [3.05, 3.63) is 0 Å². The van der Waals surface area contributed by atoms with Gasteiger partial charge in [-0.3, -0.25) is 4.79 Å². The van der Waals surface area contributed by atoms with Gasteiger partial charge in [-0.15, -0.1) is 0 Å². The summed E-state index contributed by atoms with van der Waals surface area (Å²) in [5, 5.41) is 0. The summed E-state index contributed by atoms with van der Waals surface area (Å²) in [5.41, 5.74) is 0. The molecule has 0 aliphatic carbocycles. The predicted octanol–water partition coefficient (Wildman–Crippen LogP) is 0.611. The van der Waals surface area contributed by atoms with Crippen molar-refractivity contribution in [1.82, 2.24) is 4.31 Å². The molecule has 0 rings (SSSR count). The van der Waals surface area contributed by atoms with Crippen LogP contribution in [-0.4, -0.2) is 44.1 Å². The molecule has 0 fully saturated rings. The SMILES string of the molecule is CCCS(=O)(=O)N(CC)CC(=O)OCC. The van der Waals surface area contributed by atoms with Crippen molar-refractivity contribution in [3.8, 4) is 0 Å². The Morgan fingerprint density at radius 1 is 1.27 bits per heavy atom. The fraction of sp³-hybridized carbons (Fsp3) is 0.889. The smallest absolute Gasteiger partial charge is 0.321 e. The first-order valence-electron chi connectivity index (χ1n) is 5.11. The highest BCUT2D eigenvalue weighted by atomic mass is 32.2. The molecule has 15 heavy (non-hydrogen) atoms. The van der Waals surface area contributed by atoms with E-state index in [0.717, 1.165) is 4.31 Å². The van der Waals surface area contributed by atoms with Crippen LogP contribution in [0.3, 0.4) is 0 Å². The first-order valence-corrected chi connectivity index (χ1v) is 6.72. The molecule has 90 valence electrons. The minimum Gasteiger partial charge on any atom is -0.465 e. The molecule has 0 aromatic carbocycles. The zero-order valence-electron chi connectivity index (χ0n) is 9.52. The molecule has 0 bridgehead atoms. The molecule has 5 nitrogen and oxygen atoms in total. The Hall–Kier alpha value is -0.620. The fourth-order valence-corrected chi connectivity index (χ4v) is 2.61. The van der Waals surface area contributed by atoms with Gasteiger partial charge in [0.1, 0.15) is 6.54 Å². The Balaban J connectivity index is 4.43. The number of likely N-dealkylation sites (N-methyl/N-ethyl adjacent to an activating group) is 1. The van der Waals surface area contributed by atoms with E-state index in [-0.39, 0.29) is 18.9 Å². The van der Waals surface area contributed by atoms with Crippen molar-refractivity contribution in [3.63, 3.8) is 0 Å². The summed E-state index contributed by atoms with van der Waals surface area (Å²) >= 11 is 0. The maximum Gasteiger partial charge on any atom is 0.321 e. The van der Waals surface area contributed by atoms with Crippen molar-refractivity contribution < 1.29 is 17.9 Å². The van der Waals surface area contributed by atoms with Gasteiger partial charge >= 0.3 is 5.97 Å². The lowest BCUT2D eigenvalue weighted by atomic mass is 10.6. The summed E-state index contributed by atoms with van der Waals surface area (Å²) in [6.45, 7) is 5.55. The number of esters is 1. The zero-order valence-corrected chi connectivity index (χ0v) is 10.3. The predicted molar refractivity (Wildman–Crippen MR) is 58.0 cm³/mol. The number of rotatable bonds is 7. The molecule has 0 heterocycles. The summed E-state index contributed by atoms with van der Waals surface area (Å²) in [7, 11) is -3.30. The Morgan fingerprint density at radius 3 is 2.27 bits per heavy atom. The number of hydrogen-bond donors (Lipinski definition) is 0. The van der Waals surface area contributed by atoms with Gasteiger partial charge in [0.15, 0.2) is 0 Å². The lowest BCUT2D eigenvalue weighted by molar-refractivity contribution is -0.143. The molecule has 0 saturated heterocycles. The van der Waals surface area contributed by atoms with Crippen molar-refractivity contribution in [2.24, 2.45) is 0 Å². The van der Waals surface area contributed by atoms with Crippen LogP contribution in [0.1, 0.15) is 27.2 Å². The molecule has 0 atom stereocenters. The van der Waals surface area contributed by atoms with E-state index in [4.69, 9.17) is 4.74 Å². The quantitative estimate of drug-likeness (QED) is 0.609. The third-order valence-electron chi connectivity index (χ3n) is 1.82. The normalized spacial score (nSPS) is 11.7. The second kappa shape index (κ2) is 6.79. The largest absolute Gasteiger partial charge is 0.465 e. The highest BCUT2D eigenvalue weighted by Gasteiger charge is 2.22. The van der Waals surface area contributed by atoms with Gasteiger partial charge in [0.25, 0.3) is 0 Å².